The minimum absolute atomic E-state index is 0.434. The first-order chi connectivity index (χ1) is 5.70. The van der Waals surface area contributed by atoms with E-state index in [1.807, 2.05) is 12.1 Å². The van der Waals surface area contributed by atoms with Crippen molar-refractivity contribution in [2.75, 3.05) is 7.11 Å². The Morgan fingerprint density at radius 2 is 1.92 bits per heavy atom. The molecule has 0 fully saturated rings. The Labute approximate surface area is 93.3 Å². The molecule has 0 saturated heterocycles. The molecule has 4 heteroatoms. The number of benzene rings is 1. The Balaban J connectivity index is 3.28. The van der Waals surface area contributed by atoms with Crippen LogP contribution in [0.15, 0.2) is 21.1 Å². The predicted molar refractivity (Wildman–Crippen MR) is 58.0 cm³/mol. The molecule has 1 aromatic carbocycles. The SMILES string of the molecule is COc1c(Br)ccc(Br)c1CCl. The fraction of sp³-hybridized carbons (Fsp3) is 0.250. The van der Waals surface area contributed by atoms with Crippen LogP contribution in [0.3, 0.4) is 0 Å². The van der Waals surface area contributed by atoms with Gasteiger partial charge in [0.1, 0.15) is 5.75 Å². The number of rotatable bonds is 2. The van der Waals surface area contributed by atoms with Crippen LogP contribution in [0.5, 0.6) is 5.75 Å². The van der Waals surface area contributed by atoms with Gasteiger partial charge in [0, 0.05) is 10.0 Å². The van der Waals surface area contributed by atoms with Gasteiger partial charge in [0.2, 0.25) is 0 Å². The average Bonchev–Trinajstić information content (AvgIpc) is 2.08. The van der Waals surface area contributed by atoms with E-state index in [0.717, 1.165) is 20.3 Å². The van der Waals surface area contributed by atoms with E-state index in [0.29, 0.717) is 5.88 Å². The van der Waals surface area contributed by atoms with E-state index < -0.39 is 0 Å². The van der Waals surface area contributed by atoms with Crippen LogP contribution in [-0.2, 0) is 5.88 Å². The van der Waals surface area contributed by atoms with Gasteiger partial charge in [-0.15, -0.1) is 11.6 Å². The summed E-state index contributed by atoms with van der Waals surface area (Å²) in [4.78, 5) is 0. The van der Waals surface area contributed by atoms with Crippen molar-refractivity contribution in [1.82, 2.24) is 0 Å². The first-order valence-electron chi connectivity index (χ1n) is 3.27. The lowest BCUT2D eigenvalue weighted by molar-refractivity contribution is 0.408. The summed E-state index contributed by atoms with van der Waals surface area (Å²) in [5, 5.41) is 0. The topological polar surface area (TPSA) is 9.23 Å². The zero-order valence-corrected chi connectivity index (χ0v) is 10.3. The van der Waals surface area contributed by atoms with Crippen molar-refractivity contribution in [2.24, 2.45) is 0 Å². The molecular formula is C8H7Br2ClO. The summed E-state index contributed by atoms with van der Waals surface area (Å²) in [6.45, 7) is 0. The summed E-state index contributed by atoms with van der Waals surface area (Å²) >= 11 is 12.5. The summed E-state index contributed by atoms with van der Waals surface area (Å²) in [6, 6.07) is 3.85. The molecule has 0 amide bonds. The molecule has 1 aromatic rings. The molecule has 12 heavy (non-hydrogen) atoms. The van der Waals surface area contributed by atoms with Gasteiger partial charge in [-0.2, -0.15) is 0 Å². The van der Waals surface area contributed by atoms with Gasteiger partial charge in [0.05, 0.1) is 17.5 Å². The first kappa shape index (κ1) is 10.4. The normalized spacial score (nSPS) is 10.0. The van der Waals surface area contributed by atoms with E-state index in [4.69, 9.17) is 16.3 Å². The fourth-order valence-electron chi connectivity index (χ4n) is 0.920. The average molecular weight is 314 g/mol. The summed E-state index contributed by atoms with van der Waals surface area (Å²) < 4.78 is 7.08. The number of hydrogen-bond acceptors (Lipinski definition) is 1. The molecule has 0 spiro atoms. The highest BCUT2D eigenvalue weighted by atomic mass is 79.9. The van der Waals surface area contributed by atoms with Crippen LogP contribution < -0.4 is 4.74 Å². The quantitative estimate of drug-likeness (QED) is 0.751. The van der Waals surface area contributed by atoms with Gasteiger partial charge >= 0.3 is 0 Å². The third kappa shape index (κ3) is 1.95. The van der Waals surface area contributed by atoms with Gasteiger partial charge in [0.25, 0.3) is 0 Å². The number of ether oxygens (including phenoxy) is 1. The highest BCUT2D eigenvalue weighted by Crippen LogP contribution is 2.34. The Morgan fingerprint density at radius 1 is 1.33 bits per heavy atom. The minimum atomic E-state index is 0.434. The molecule has 0 atom stereocenters. The monoisotopic (exact) mass is 312 g/mol. The molecular weight excluding hydrogens is 307 g/mol. The summed E-state index contributed by atoms with van der Waals surface area (Å²) in [5.74, 6) is 1.22. The second-order valence-corrected chi connectivity index (χ2v) is 4.15. The first-order valence-corrected chi connectivity index (χ1v) is 5.39. The van der Waals surface area contributed by atoms with Crippen LogP contribution in [0.2, 0.25) is 0 Å². The smallest absolute Gasteiger partial charge is 0.138 e. The number of alkyl halides is 1. The van der Waals surface area contributed by atoms with E-state index in [1.165, 1.54) is 0 Å². The van der Waals surface area contributed by atoms with Gasteiger partial charge in [-0.3, -0.25) is 0 Å². The van der Waals surface area contributed by atoms with Crippen molar-refractivity contribution in [3.63, 3.8) is 0 Å². The van der Waals surface area contributed by atoms with Crippen molar-refractivity contribution < 1.29 is 4.74 Å². The minimum Gasteiger partial charge on any atom is -0.495 e. The maximum Gasteiger partial charge on any atom is 0.138 e. The number of halogens is 3. The summed E-state index contributed by atoms with van der Waals surface area (Å²) in [7, 11) is 1.63. The van der Waals surface area contributed by atoms with Crippen molar-refractivity contribution in [3.05, 3.63) is 26.6 Å². The number of hydrogen-bond donors (Lipinski definition) is 0. The summed E-state index contributed by atoms with van der Waals surface area (Å²) in [6.07, 6.45) is 0. The largest absolute Gasteiger partial charge is 0.495 e. The lowest BCUT2D eigenvalue weighted by atomic mass is 10.2. The zero-order valence-electron chi connectivity index (χ0n) is 6.40. The van der Waals surface area contributed by atoms with Gasteiger partial charge in [-0.05, 0) is 28.1 Å². The third-order valence-corrected chi connectivity index (χ3v) is 3.13. The van der Waals surface area contributed by atoms with Gasteiger partial charge in [-0.25, -0.2) is 0 Å². The predicted octanol–water partition coefficient (Wildman–Crippen LogP) is 3.96. The van der Waals surface area contributed by atoms with Crippen molar-refractivity contribution in [3.8, 4) is 5.75 Å². The fourth-order valence-corrected chi connectivity index (χ4v) is 2.33. The third-order valence-electron chi connectivity index (χ3n) is 1.49. The van der Waals surface area contributed by atoms with E-state index in [9.17, 15) is 0 Å². The van der Waals surface area contributed by atoms with Crippen LogP contribution in [0.25, 0.3) is 0 Å². The maximum atomic E-state index is 5.76. The Morgan fingerprint density at radius 3 is 2.33 bits per heavy atom. The van der Waals surface area contributed by atoms with Gasteiger partial charge < -0.3 is 4.74 Å². The van der Waals surface area contributed by atoms with E-state index in [2.05, 4.69) is 31.9 Å². The molecule has 1 nitrogen and oxygen atoms in total. The van der Waals surface area contributed by atoms with Gasteiger partial charge in [0.15, 0.2) is 0 Å². The van der Waals surface area contributed by atoms with E-state index in [-0.39, 0.29) is 0 Å². The Kier molecular flexibility index (Phi) is 3.87. The van der Waals surface area contributed by atoms with Crippen LogP contribution in [-0.4, -0.2) is 7.11 Å². The second kappa shape index (κ2) is 4.49. The molecule has 0 heterocycles. The molecule has 0 aromatic heterocycles. The highest BCUT2D eigenvalue weighted by molar-refractivity contribution is 9.11. The van der Waals surface area contributed by atoms with Crippen molar-refractivity contribution in [2.45, 2.75) is 5.88 Å². The van der Waals surface area contributed by atoms with Crippen molar-refractivity contribution in [1.29, 1.82) is 0 Å². The van der Waals surface area contributed by atoms with Crippen LogP contribution >= 0.6 is 43.5 Å². The molecule has 0 aliphatic heterocycles. The standard InChI is InChI=1S/C8H7Br2ClO/c1-12-8-5(4-11)6(9)2-3-7(8)10/h2-3H,4H2,1H3. The molecule has 0 saturated carbocycles. The lowest BCUT2D eigenvalue weighted by Gasteiger charge is -2.09. The molecule has 0 N–H and O–H groups in total. The molecule has 0 aliphatic rings. The molecule has 1 rings (SSSR count). The molecule has 0 radical (unpaired) electrons. The van der Waals surface area contributed by atoms with Crippen LogP contribution in [0.1, 0.15) is 5.56 Å². The second-order valence-electron chi connectivity index (χ2n) is 2.17. The van der Waals surface area contributed by atoms with Crippen LogP contribution in [0, 0.1) is 0 Å². The zero-order chi connectivity index (χ0) is 9.14. The Bertz CT molecular complexity index is 260. The molecule has 0 aliphatic carbocycles. The van der Waals surface area contributed by atoms with E-state index >= 15 is 0 Å². The molecule has 0 bridgehead atoms. The van der Waals surface area contributed by atoms with E-state index in [1.54, 1.807) is 7.11 Å². The number of methoxy groups -OCH3 is 1. The maximum absolute atomic E-state index is 5.76. The lowest BCUT2D eigenvalue weighted by Crippen LogP contribution is -1.91. The van der Waals surface area contributed by atoms with Gasteiger partial charge in [-0.1, -0.05) is 15.9 Å². The van der Waals surface area contributed by atoms with Crippen molar-refractivity contribution >= 4 is 43.5 Å². The Hall–Kier alpha value is 0.270. The van der Waals surface area contributed by atoms with Crippen LogP contribution in [0.4, 0.5) is 0 Å². The molecule has 0 unspecified atom stereocenters. The molecule has 66 valence electrons. The highest BCUT2D eigenvalue weighted by Gasteiger charge is 2.09. The summed E-state index contributed by atoms with van der Waals surface area (Å²) in [5.41, 5.74) is 0.966.